The summed E-state index contributed by atoms with van der Waals surface area (Å²) in [5.41, 5.74) is 4.08. The number of aryl methyl sites for hydroxylation is 2. The zero-order chi connectivity index (χ0) is 18.5. The lowest BCUT2D eigenvalue weighted by atomic mass is 10.1. The monoisotopic (exact) mass is 349 g/mol. The molecule has 134 valence electrons. The maximum absolute atomic E-state index is 5.83. The van der Waals surface area contributed by atoms with Crippen molar-refractivity contribution in [3.8, 4) is 5.75 Å². The van der Waals surface area contributed by atoms with Crippen molar-refractivity contribution >= 4 is 23.1 Å². The summed E-state index contributed by atoms with van der Waals surface area (Å²) in [6.45, 7) is 8.08. The molecule has 2 N–H and O–H groups in total. The Bertz CT molecular complexity index is 875. The number of rotatable bonds is 6. The third-order valence-electron chi connectivity index (χ3n) is 3.79. The lowest BCUT2D eigenvalue weighted by Gasteiger charge is -2.15. The molecule has 0 bridgehead atoms. The number of aromatic nitrogens is 3. The third kappa shape index (κ3) is 4.27. The summed E-state index contributed by atoms with van der Waals surface area (Å²) in [4.78, 5) is 4.51. The molecule has 0 saturated heterocycles. The van der Waals surface area contributed by atoms with Crippen molar-refractivity contribution in [2.75, 3.05) is 10.6 Å². The quantitative estimate of drug-likeness (QED) is 0.668. The van der Waals surface area contributed by atoms with Gasteiger partial charge in [0.15, 0.2) is 5.82 Å². The Balaban J connectivity index is 1.83. The van der Waals surface area contributed by atoms with Crippen molar-refractivity contribution < 1.29 is 4.74 Å². The molecule has 1 aromatic heterocycles. The van der Waals surface area contributed by atoms with Gasteiger partial charge in [-0.1, -0.05) is 30.3 Å². The zero-order valence-electron chi connectivity index (χ0n) is 15.4. The second-order valence-corrected chi connectivity index (χ2v) is 6.34. The molecule has 0 radical (unpaired) electrons. The Morgan fingerprint density at radius 2 is 1.65 bits per heavy atom. The summed E-state index contributed by atoms with van der Waals surface area (Å²) in [6, 6.07) is 13.9. The number of hydrogen-bond donors (Lipinski definition) is 2. The summed E-state index contributed by atoms with van der Waals surface area (Å²) < 4.78 is 5.83. The van der Waals surface area contributed by atoms with Gasteiger partial charge in [-0.05, 0) is 51.0 Å². The van der Waals surface area contributed by atoms with Crippen LogP contribution < -0.4 is 15.4 Å². The van der Waals surface area contributed by atoms with Crippen LogP contribution in [0.2, 0.25) is 0 Å². The van der Waals surface area contributed by atoms with E-state index in [9.17, 15) is 0 Å². The van der Waals surface area contributed by atoms with E-state index in [0.29, 0.717) is 11.8 Å². The highest BCUT2D eigenvalue weighted by Gasteiger charge is 2.09. The van der Waals surface area contributed by atoms with Gasteiger partial charge < -0.3 is 15.4 Å². The molecular formula is C20H23N5O. The number of benzene rings is 2. The predicted molar refractivity (Wildman–Crippen MR) is 105 cm³/mol. The number of hydrogen-bond acceptors (Lipinski definition) is 6. The fourth-order valence-electron chi connectivity index (χ4n) is 2.60. The van der Waals surface area contributed by atoms with E-state index in [1.165, 1.54) is 0 Å². The first-order chi connectivity index (χ1) is 12.5. The number of anilines is 4. The second-order valence-electron chi connectivity index (χ2n) is 6.34. The highest BCUT2D eigenvalue weighted by Crippen LogP contribution is 2.28. The largest absolute Gasteiger partial charge is 0.489 e. The first-order valence-corrected chi connectivity index (χ1v) is 8.58. The number of nitrogens with zero attached hydrogens (tertiary/aromatic N) is 3. The topological polar surface area (TPSA) is 72.0 Å². The minimum absolute atomic E-state index is 0.0859. The van der Waals surface area contributed by atoms with E-state index in [1.54, 1.807) is 6.20 Å². The van der Waals surface area contributed by atoms with Crippen LogP contribution in [0.25, 0.3) is 0 Å². The van der Waals surface area contributed by atoms with E-state index >= 15 is 0 Å². The molecule has 26 heavy (non-hydrogen) atoms. The second kappa shape index (κ2) is 7.82. The van der Waals surface area contributed by atoms with Crippen LogP contribution in [0.15, 0.2) is 48.7 Å². The standard InChI is InChI=1S/C20H23N5O/c1-13(2)26-17-11-6-5-10-16(17)22-18-12-21-25-20(23-18)24-19-14(3)8-7-9-15(19)4/h5-13H,1-4H3,(H2,22,23,24,25). The molecule has 0 saturated carbocycles. The molecule has 0 aliphatic heterocycles. The van der Waals surface area contributed by atoms with Gasteiger partial charge >= 0.3 is 0 Å². The Morgan fingerprint density at radius 1 is 0.923 bits per heavy atom. The van der Waals surface area contributed by atoms with Crippen LogP contribution >= 0.6 is 0 Å². The number of nitrogens with one attached hydrogen (secondary N) is 2. The molecule has 1 heterocycles. The van der Waals surface area contributed by atoms with E-state index in [-0.39, 0.29) is 6.10 Å². The molecule has 0 aliphatic carbocycles. The van der Waals surface area contributed by atoms with Crippen molar-refractivity contribution in [1.82, 2.24) is 15.2 Å². The first kappa shape index (κ1) is 17.7. The molecule has 0 aliphatic rings. The average Bonchev–Trinajstić information content (AvgIpc) is 2.60. The number of ether oxygens (including phenoxy) is 1. The Hall–Kier alpha value is -3.15. The fraction of sp³-hybridized carbons (Fsp3) is 0.250. The Labute approximate surface area is 153 Å². The van der Waals surface area contributed by atoms with Gasteiger partial charge in [0.05, 0.1) is 18.0 Å². The van der Waals surface area contributed by atoms with Crippen LogP contribution in [0.4, 0.5) is 23.1 Å². The third-order valence-corrected chi connectivity index (χ3v) is 3.79. The van der Waals surface area contributed by atoms with Gasteiger partial charge in [0.2, 0.25) is 5.95 Å². The first-order valence-electron chi connectivity index (χ1n) is 8.58. The molecule has 3 aromatic rings. The van der Waals surface area contributed by atoms with Crippen molar-refractivity contribution in [2.24, 2.45) is 0 Å². The highest BCUT2D eigenvalue weighted by molar-refractivity contribution is 5.66. The van der Waals surface area contributed by atoms with Crippen molar-refractivity contribution in [3.63, 3.8) is 0 Å². The van der Waals surface area contributed by atoms with Gasteiger partial charge in [-0.25, -0.2) is 0 Å². The fourth-order valence-corrected chi connectivity index (χ4v) is 2.60. The Morgan fingerprint density at radius 3 is 2.38 bits per heavy atom. The minimum atomic E-state index is 0.0859. The molecule has 6 heteroatoms. The predicted octanol–water partition coefficient (Wildman–Crippen LogP) is 4.76. The molecule has 0 atom stereocenters. The van der Waals surface area contributed by atoms with Gasteiger partial charge in [0.25, 0.3) is 0 Å². The number of para-hydroxylation sites is 3. The van der Waals surface area contributed by atoms with Gasteiger partial charge in [-0.2, -0.15) is 10.1 Å². The van der Waals surface area contributed by atoms with Crippen LogP contribution in [0.5, 0.6) is 5.75 Å². The normalized spacial score (nSPS) is 10.7. The zero-order valence-corrected chi connectivity index (χ0v) is 15.4. The average molecular weight is 349 g/mol. The summed E-state index contributed by atoms with van der Waals surface area (Å²) in [6.07, 6.45) is 1.67. The highest BCUT2D eigenvalue weighted by atomic mass is 16.5. The van der Waals surface area contributed by atoms with Crippen molar-refractivity contribution in [3.05, 3.63) is 59.8 Å². The molecule has 0 fully saturated rings. The smallest absolute Gasteiger partial charge is 0.249 e. The maximum Gasteiger partial charge on any atom is 0.249 e. The molecule has 0 amide bonds. The molecule has 3 rings (SSSR count). The van der Waals surface area contributed by atoms with E-state index in [4.69, 9.17) is 4.74 Å². The molecular weight excluding hydrogens is 326 g/mol. The summed E-state index contributed by atoms with van der Waals surface area (Å²) in [5, 5.41) is 14.6. The molecule has 6 nitrogen and oxygen atoms in total. The SMILES string of the molecule is Cc1cccc(C)c1Nc1nncc(Nc2ccccc2OC(C)C)n1. The van der Waals surface area contributed by atoms with Gasteiger partial charge in [0, 0.05) is 5.69 Å². The van der Waals surface area contributed by atoms with Crippen molar-refractivity contribution in [2.45, 2.75) is 33.8 Å². The van der Waals surface area contributed by atoms with Crippen LogP contribution in [0, 0.1) is 13.8 Å². The lowest BCUT2D eigenvalue weighted by molar-refractivity contribution is 0.244. The lowest BCUT2D eigenvalue weighted by Crippen LogP contribution is -2.08. The summed E-state index contributed by atoms with van der Waals surface area (Å²) >= 11 is 0. The van der Waals surface area contributed by atoms with E-state index in [2.05, 4.69) is 25.8 Å². The summed E-state index contributed by atoms with van der Waals surface area (Å²) in [5.74, 6) is 1.80. The van der Waals surface area contributed by atoms with Gasteiger partial charge in [0.1, 0.15) is 5.75 Å². The van der Waals surface area contributed by atoms with E-state index < -0.39 is 0 Å². The van der Waals surface area contributed by atoms with Crippen molar-refractivity contribution in [1.29, 1.82) is 0 Å². The van der Waals surface area contributed by atoms with Crippen LogP contribution in [0.3, 0.4) is 0 Å². The van der Waals surface area contributed by atoms with Crippen LogP contribution in [0.1, 0.15) is 25.0 Å². The molecule has 0 unspecified atom stereocenters. The molecule has 0 spiro atoms. The van der Waals surface area contributed by atoms with Crippen LogP contribution in [-0.4, -0.2) is 21.3 Å². The van der Waals surface area contributed by atoms with E-state index in [1.807, 2.05) is 70.2 Å². The van der Waals surface area contributed by atoms with Gasteiger partial charge in [-0.3, -0.25) is 0 Å². The maximum atomic E-state index is 5.83. The minimum Gasteiger partial charge on any atom is -0.489 e. The van der Waals surface area contributed by atoms with Gasteiger partial charge in [-0.15, -0.1) is 5.10 Å². The van der Waals surface area contributed by atoms with E-state index in [0.717, 1.165) is 28.3 Å². The Kier molecular flexibility index (Phi) is 5.31. The van der Waals surface area contributed by atoms with Crippen LogP contribution in [-0.2, 0) is 0 Å². The molecule has 2 aromatic carbocycles. The summed E-state index contributed by atoms with van der Waals surface area (Å²) in [7, 11) is 0.